The number of halogens is 1. The normalized spacial score (nSPS) is 16.9. The summed E-state index contributed by atoms with van der Waals surface area (Å²) in [6.45, 7) is 1.30. The molecular weight excluding hydrogens is 291 g/mol. The molecule has 1 aliphatic heterocycles. The molecule has 2 aromatic rings. The van der Waals surface area contributed by atoms with E-state index in [1.807, 2.05) is 0 Å². The predicted octanol–water partition coefficient (Wildman–Crippen LogP) is 2.04. The van der Waals surface area contributed by atoms with Gasteiger partial charge in [0.2, 0.25) is 5.88 Å². The van der Waals surface area contributed by atoms with Crippen molar-refractivity contribution in [2.75, 3.05) is 20.3 Å². The molecule has 0 spiro atoms. The number of hydrogen-bond donors (Lipinski definition) is 1. The zero-order chi connectivity index (χ0) is 15.7. The Hall–Kier alpha value is -2.41. The van der Waals surface area contributed by atoms with Crippen molar-refractivity contribution in [1.82, 2.24) is 9.78 Å². The lowest BCUT2D eigenvalue weighted by Crippen LogP contribution is -2.29. The van der Waals surface area contributed by atoms with Crippen molar-refractivity contribution >= 4 is 5.97 Å². The van der Waals surface area contributed by atoms with Crippen molar-refractivity contribution in [3.8, 4) is 17.1 Å². The second kappa shape index (κ2) is 5.76. The first-order valence-corrected chi connectivity index (χ1v) is 6.82. The number of rotatable bonds is 4. The molecule has 1 unspecified atom stereocenters. The largest absolute Gasteiger partial charge is 0.477 e. The van der Waals surface area contributed by atoms with E-state index in [4.69, 9.17) is 9.47 Å². The zero-order valence-electron chi connectivity index (χ0n) is 12.0. The lowest BCUT2D eigenvalue weighted by atomic mass is 10.1. The minimum atomic E-state index is -1.19. The number of carboxylic acids is 1. The molecule has 2 heterocycles. The molecule has 3 rings (SSSR count). The SMILES string of the molecule is COCC1COc2c(C(=O)O)c(-c3ccccc3F)nn2C1. The number of fused-ring (bicyclic) bond motifs is 1. The molecule has 0 radical (unpaired) electrons. The van der Waals surface area contributed by atoms with Gasteiger partial charge >= 0.3 is 5.97 Å². The zero-order valence-corrected chi connectivity index (χ0v) is 12.0. The summed E-state index contributed by atoms with van der Waals surface area (Å²) >= 11 is 0. The molecule has 0 fully saturated rings. The molecule has 1 aromatic carbocycles. The van der Waals surface area contributed by atoms with Crippen molar-refractivity contribution in [2.45, 2.75) is 6.54 Å². The van der Waals surface area contributed by atoms with Crippen LogP contribution in [0.25, 0.3) is 11.3 Å². The van der Waals surface area contributed by atoms with Crippen LogP contribution in [-0.4, -0.2) is 41.2 Å². The fourth-order valence-electron chi connectivity index (χ4n) is 2.58. The third-order valence-electron chi connectivity index (χ3n) is 3.54. The van der Waals surface area contributed by atoms with Crippen molar-refractivity contribution in [2.24, 2.45) is 5.92 Å². The van der Waals surface area contributed by atoms with E-state index in [9.17, 15) is 14.3 Å². The van der Waals surface area contributed by atoms with Crippen molar-refractivity contribution in [1.29, 1.82) is 0 Å². The Kier molecular flexibility index (Phi) is 3.81. The summed E-state index contributed by atoms with van der Waals surface area (Å²) in [7, 11) is 1.59. The number of carboxylic acid groups (broad SMARTS) is 1. The van der Waals surface area contributed by atoms with E-state index >= 15 is 0 Å². The summed E-state index contributed by atoms with van der Waals surface area (Å²) in [5.74, 6) is -1.47. The molecule has 1 N–H and O–H groups in total. The second-order valence-corrected chi connectivity index (χ2v) is 5.13. The molecule has 0 saturated carbocycles. The summed E-state index contributed by atoms with van der Waals surface area (Å²) in [4.78, 5) is 11.6. The Morgan fingerprint density at radius 3 is 3.00 bits per heavy atom. The van der Waals surface area contributed by atoms with Crippen LogP contribution < -0.4 is 4.74 Å². The number of methoxy groups -OCH3 is 1. The van der Waals surface area contributed by atoms with Crippen LogP contribution in [0.2, 0.25) is 0 Å². The number of carbonyl (C=O) groups is 1. The fourth-order valence-corrected chi connectivity index (χ4v) is 2.58. The molecule has 0 aliphatic carbocycles. The highest BCUT2D eigenvalue weighted by molar-refractivity contribution is 5.97. The van der Waals surface area contributed by atoms with Crippen LogP contribution in [0.15, 0.2) is 24.3 Å². The molecule has 1 aromatic heterocycles. The molecule has 6 nitrogen and oxygen atoms in total. The van der Waals surface area contributed by atoms with Gasteiger partial charge in [-0.25, -0.2) is 13.9 Å². The standard InChI is InChI=1S/C15H15FN2O4/c1-21-7-9-6-18-14(22-8-9)12(15(19)20)13(17-18)10-4-2-3-5-11(10)16/h2-5,9H,6-8H2,1H3,(H,19,20). The van der Waals surface area contributed by atoms with Crippen LogP contribution in [0.4, 0.5) is 4.39 Å². The summed E-state index contributed by atoms with van der Waals surface area (Å²) < 4.78 is 26.1. The first-order chi connectivity index (χ1) is 10.6. The number of ether oxygens (including phenoxy) is 2. The van der Waals surface area contributed by atoms with E-state index in [0.717, 1.165) is 0 Å². The number of benzene rings is 1. The number of aromatic carboxylic acids is 1. The van der Waals surface area contributed by atoms with Gasteiger partial charge in [0.15, 0.2) is 0 Å². The molecule has 116 valence electrons. The number of nitrogens with zero attached hydrogens (tertiary/aromatic N) is 2. The van der Waals surface area contributed by atoms with Crippen molar-refractivity contribution in [3.05, 3.63) is 35.6 Å². The Balaban J connectivity index is 2.09. The van der Waals surface area contributed by atoms with Gasteiger partial charge in [0, 0.05) is 18.6 Å². The average Bonchev–Trinajstić information content (AvgIpc) is 2.86. The highest BCUT2D eigenvalue weighted by Crippen LogP contribution is 2.34. The van der Waals surface area contributed by atoms with E-state index in [0.29, 0.717) is 19.8 Å². The summed E-state index contributed by atoms with van der Waals surface area (Å²) in [5.41, 5.74) is 0.119. The van der Waals surface area contributed by atoms with Crippen LogP contribution in [-0.2, 0) is 11.3 Å². The first-order valence-electron chi connectivity index (χ1n) is 6.82. The quantitative estimate of drug-likeness (QED) is 0.935. The Morgan fingerprint density at radius 1 is 1.55 bits per heavy atom. The van der Waals surface area contributed by atoms with Gasteiger partial charge < -0.3 is 14.6 Å². The monoisotopic (exact) mass is 306 g/mol. The number of hydrogen-bond acceptors (Lipinski definition) is 4. The Morgan fingerprint density at radius 2 is 2.32 bits per heavy atom. The van der Waals surface area contributed by atoms with E-state index in [2.05, 4.69) is 5.10 Å². The van der Waals surface area contributed by atoms with Crippen LogP contribution in [0.5, 0.6) is 5.88 Å². The third kappa shape index (κ3) is 2.43. The maximum Gasteiger partial charge on any atom is 0.343 e. The molecule has 1 atom stereocenters. The van der Waals surface area contributed by atoms with Gasteiger partial charge in [-0.05, 0) is 12.1 Å². The molecule has 7 heteroatoms. The van der Waals surface area contributed by atoms with Crippen LogP contribution in [0.1, 0.15) is 10.4 Å². The lowest BCUT2D eigenvalue weighted by molar-refractivity contribution is 0.0660. The van der Waals surface area contributed by atoms with Crippen LogP contribution >= 0.6 is 0 Å². The molecule has 22 heavy (non-hydrogen) atoms. The van der Waals surface area contributed by atoms with Gasteiger partial charge in [-0.15, -0.1) is 0 Å². The van der Waals surface area contributed by atoms with Gasteiger partial charge in [-0.1, -0.05) is 12.1 Å². The average molecular weight is 306 g/mol. The molecule has 1 aliphatic rings. The molecule has 0 saturated heterocycles. The second-order valence-electron chi connectivity index (χ2n) is 5.13. The highest BCUT2D eigenvalue weighted by Gasteiger charge is 2.31. The topological polar surface area (TPSA) is 73.6 Å². The fraction of sp³-hybridized carbons (Fsp3) is 0.333. The maximum atomic E-state index is 14.0. The van der Waals surface area contributed by atoms with E-state index in [1.165, 1.54) is 16.8 Å². The van der Waals surface area contributed by atoms with Gasteiger partial charge in [0.05, 0.1) is 19.8 Å². The highest BCUT2D eigenvalue weighted by atomic mass is 19.1. The maximum absolute atomic E-state index is 14.0. The van der Waals surface area contributed by atoms with Crippen molar-refractivity contribution < 1.29 is 23.8 Å². The molecule has 0 bridgehead atoms. The predicted molar refractivity (Wildman–Crippen MR) is 75.4 cm³/mol. The molecule has 0 amide bonds. The van der Waals surface area contributed by atoms with E-state index < -0.39 is 11.8 Å². The Labute approximate surface area is 126 Å². The summed E-state index contributed by atoms with van der Waals surface area (Å²) in [6.07, 6.45) is 0. The van der Waals surface area contributed by atoms with E-state index in [1.54, 1.807) is 19.2 Å². The van der Waals surface area contributed by atoms with Gasteiger partial charge in [0.25, 0.3) is 0 Å². The Bertz CT molecular complexity index is 714. The van der Waals surface area contributed by atoms with Gasteiger partial charge in [0.1, 0.15) is 17.1 Å². The summed E-state index contributed by atoms with van der Waals surface area (Å²) in [6, 6.07) is 5.95. The van der Waals surface area contributed by atoms with Gasteiger partial charge in [-0.2, -0.15) is 5.10 Å². The van der Waals surface area contributed by atoms with Crippen molar-refractivity contribution in [3.63, 3.8) is 0 Å². The smallest absolute Gasteiger partial charge is 0.343 e. The van der Waals surface area contributed by atoms with Crippen LogP contribution in [0.3, 0.4) is 0 Å². The lowest BCUT2D eigenvalue weighted by Gasteiger charge is -2.23. The minimum absolute atomic E-state index is 0.0764. The minimum Gasteiger partial charge on any atom is -0.477 e. The molecular formula is C15H15FN2O4. The third-order valence-corrected chi connectivity index (χ3v) is 3.54. The van der Waals surface area contributed by atoms with E-state index in [-0.39, 0.29) is 28.6 Å². The van der Waals surface area contributed by atoms with Crippen LogP contribution in [0, 0.1) is 11.7 Å². The van der Waals surface area contributed by atoms with Gasteiger partial charge in [-0.3, -0.25) is 0 Å². The number of aromatic nitrogens is 2. The first kappa shape index (κ1) is 14.5. The summed E-state index contributed by atoms with van der Waals surface area (Å²) in [5, 5.41) is 13.7.